The third-order valence-corrected chi connectivity index (χ3v) is 1.42. The first-order valence-electron chi connectivity index (χ1n) is 3.80. The summed E-state index contributed by atoms with van der Waals surface area (Å²) in [7, 11) is 0. The van der Waals surface area contributed by atoms with Crippen LogP contribution in [0.3, 0.4) is 0 Å². The van der Waals surface area contributed by atoms with E-state index in [-0.39, 0.29) is 0 Å². The van der Waals surface area contributed by atoms with Crippen LogP contribution < -0.4 is 5.73 Å². The molecule has 54 valence electrons. The summed E-state index contributed by atoms with van der Waals surface area (Å²) in [6, 6.07) is 0. The van der Waals surface area contributed by atoms with E-state index in [0.29, 0.717) is 5.92 Å². The zero-order chi connectivity index (χ0) is 7.11. The Balaban J connectivity index is 0.000000291. The third-order valence-electron chi connectivity index (χ3n) is 1.42. The van der Waals surface area contributed by atoms with Crippen molar-refractivity contribution in [3.63, 3.8) is 0 Å². The zero-order valence-electron chi connectivity index (χ0n) is 6.43. The van der Waals surface area contributed by atoms with E-state index < -0.39 is 0 Å². The molecule has 0 saturated heterocycles. The molecule has 0 aliphatic heterocycles. The summed E-state index contributed by atoms with van der Waals surface area (Å²) >= 11 is 0. The summed E-state index contributed by atoms with van der Waals surface area (Å²) in [6.07, 6.45) is 6.93. The van der Waals surface area contributed by atoms with Crippen LogP contribution in [0.15, 0.2) is 12.2 Å². The van der Waals surface area contributed by atoms with Gasteiger partial charge in [-0.3, -0.25) is 0 Å². The van der Waals surface area contributed by atoms with Gasteiger partial charge in [-0.1, -0.05) is 26.0 Å². The van der Waals surface area contributed by atoms with Crippen molar-refractivity contribution >= 4 is 0 Å². The van der Waals surface area contributed by atoms with Gasteiger partial charge >= 0.3 is 0 Å². The molecule has 0 spiro atoms. The van der Waals surface area contributed by atoms with E-state index in [2.05, 4.69) is 12.2 Å². The number of rotatable bonds is 1. The van der Waals surface area contributed by atoms with Gasteiger partial charge in [-0.2, -0.15) is 0 Å². The van der Waals surface area contributed by atoms with E-state index in [1.54, 1.807) is 0 Å². The maximum absolute atomic E-state index is 5.38. The van der Waals surface area contributed by atoms with E-state index in [9.17, 15) is 0 Å². The molecular weight excluding hydrogens is 110 g/mol. The molecule has 0 saturated carbocycles. The Morgan fingerprint density at radius 3 is 2.44 bits per heavy atom. The Kier molecular flexibility index (Phi) is 5.64. The first-order valence-corrected chi connectivity index (χ1v) is 3.80. The van der Waals surface area contributed by atoms with E-state index in [4.69, 9.17) is 5.73 Å². The van der Waals surface area contributed by atoms with Crippen LogP contribution >= 0.6 is 0 Å². The minimum atomic E-state index is 0.694. The molecule has 9 heavy (non-hydrogen) atoms. The van der Waals surface area contributed by atoms with Crippen molar-refractivity contribution in [2.24, 2.45) is 11.7 Å². The van der Waals surface area contributed by atoms with Crippen LogP contribution in [0.1, 0.15) is 26.7 Å². The minimum Gasteiger partial charge on any atom is -0.330 e. The lowest BCUT2D eigenvalue weighted by Gasteiger charge is -1.97. The Bertz CT molecular complexity index is 76.6. The molecule has 1 heteroatoms. The van der Waals surface area contributed by atoms with Crippen LogP contribution in [0.2, 0.25) is 0 Å². The van der Waals surface area contributed by atoms with Crippen LogP contribution in [-0.4, -0.2) is 6.54 Å². The fourth-order valence-electron chi connectivity index (χ4n) is 0.892. The molecule has 0 aromatic heterocycles. The molecule has 1 rings (SSSR count). The largest absolute Gasteiger partial charge is 0.330 e. The van der Waals surface area contributed by atoms with Crippen LogP contribution in [0.4, 0.5) is 0 Å². The van der Waals surface area contributed by atoms with E-state index >= 15 is 0 Å². The molecule has 1 aliphatic rings. The molecule has 1 atom stereocenters. The van der Waals surface area contributed by atoms with Crippen molar-refractivity contribution in [1.29, 1.82) is 0 Å². The normalized spacial score (nSPS) is 23.2. The second-order valence-electron chi connectivity index (χ2n) is 2.00. The highest BCUT2D eigenvalue weighted by Gasteiger charge is 2.04. The summed E-state index contributed by atoms with van der Waals surface area (Å²) in [6.45, 7) is 4.83. The monoisotopic (exact) mass is 127 g/mol. The molecule has 0 aromatic rings. The molecule has 0 amide bonds. The van der Waals surface area contributed by atoms with Gasteiger partial charge in [0.15, 0.2) is 0 Å². The Morgan fingerprint density at radius 2 is 2.22 bits per heavy atom. The van der Waals surface area contributed by atoms with E-state index in [0.717, 1.165) is 6.54 Å². The molecule has 1 aliphatic carbocycles. The number of hydrogen-bond donors (Lipinski definition) is 1. The number of allylic oxidation sites excluding steroid dienone is 1. The quantitative estimate of drug-likeness (QED) is 0.535. The van der Waals surface area contributed by atoms with Gasteiger partial charge < -0.3 is 5.73 Å². The molecule has 0 radical (unpaired) electrons. The van der Waals surface area contributed by atoms with Crippen LogP contribution in [0.25, 0.3) is 0 Å². The van der Waals surface area contributed by atoms with Crippen molar-refractivity contribution in [2.45, 2.75) is 26.7 Å². The van der Waals surface area contributed by atoms with Crippen LogP contribution in [0.5, 0.6) is 0 Å². The van der Waals surface area contributed by atoms with Gasteiger partial charge in [0, 0.05) is 0 Å². The van der Waals surface area contributed by atoms with Gasteiger partial charge in [-0.15, -0.1) is 0 Å². The molecule has 0 aromatic carbocycles. The summed E-state index contributed by atoms with van der Waals surface area (Å²) < 4.78 is 0. The topological polar surface area (TPSA) is 26.0 Å². The predicted octanol–water partition coefficient (Wildman–Crippen LogP) is 1.94. The highest BCUT2D eigenvalue weighted by molar-refractivity contribution is 4.96. The van der Waals surface area contributed by atoms with Crippen molar-refractivity contribution in [3.8, 4) is 0 Å². The van der Waals surface area contributed by atoms with Gasteiger partial charge in [0.05, 0.1) is 0 Å². The maximum Gasteiger partial charge on any atom is -0.00141 e. The fourth-order valence-corrected chi connectivity index (χ4v) is 0.892. The molecule has 1 nitrogen and oxygen atoms in total. The predicted molar refractivity (Wildman–Crippen MR) is 42.3 cm³/mol. The van der Waals surface area contributed by atoms with Gasteiger partial charge in [0.25, 0.3) is 0 Å². The van der Waals surface area contributed by atoms with Gasteiger partial charge in [0.1, 0.15) is 0 Å². The Hall–Kier alpha value is -0.300. The summed E-state index contributed by atoms with van der Waals surface area (Å²) in [5.74, 6) is 0.694. The standard InChI is InChI=1S/C6H11N.C2H6/c7-5-6-3-1-2-4-6;1-2/h1,3,6H,2,4-5,7H2;1-2H3. The van der Waals surface area contributed by atoms with Crippen molar-refractivity contribution in [3.05, 3.63) is 12.2 Å². The molecule has 0 fully saturated rings. The second-order valence-corrected chi connectivity index (χ2v) is 2.00. The highest BCUT2D eigenvalue weighted by atomic mass is 14.5. The van der Waals surface area contributed by atoms with Crippen molar-refractivity contribution in [2.75, 3.05) is 6.54 Å². The van der Waals surface area contributed by atoms with Gasteiger partial charge in [-0.05, 0) is 25.3 Å². The van der Waals surface area contributed by atoms with Crippen LogP contribution in [-0.2, 0) is 0 Å². The zero-order valence-corrected chi connectivity index (χ0v) is 6.43. The van der Waals surface area contributed by atoms with E-state index in [1.807, 2.05) is 13.8 Å². The molecule has 0 heterocycles. The van der Waals surface area contributed by atoms with Gasteiger partial charge in [-0.25, -0.2) is 0 Å². The summed E-state index contributed by atoms with van der Waals surface area (Å²) in [4.78, 5) is 0. The highest BCUT2D eigenvalue weighted by Crippen LogP contribution is 2.14. The second kappa shape index (κ2) is 5.83. The van der Waals surface area contributed by atoms with Crippen molar-refractivity contribution in [1.82, 2.24) is 0 Å². The van der Waals surface area contributed by atoms with Gasteiger partial charge in [0.2, 0.25) is 0 Å². The lowest BCUT2D eigenvalue weighted by Crippen LogP contribution is -2.08. The number of hydrogen-bond acceptors (Lipinski definition) is 1. The van der Waals surface area contributed by atoms with Crippen molar-refractivity contribution < 1.29 is 0 Å². The lowest BCUT2D eigenvalue weighted by molar-refractivity contribution is 0.645. The van der Waals surface area contributed by atoms with Crippen LogP contribution in [0, 0.1) is 5.92 Å². The molecule has 1 unspecified atom stereocenters. The SMILES string of the molecule is CC.NCC1C=CCC1. The fraction of sp³-hybridized carbons (Fsp3) is 0.750. The van der Waals surface area contributed by atoms with E-state index in [1.165, 1.54) is 12.8 Å². The first kappa shape index (κ1) is 8.70. The maximum atomic E-state index is 5.38. The lowest BCUT2D eigenvalue weighted by atomic mass is 10.1. The molecular formula is C8H17N. The molecule has 2 N–H and O–H groups in total. The third kappa shape index (κ3) is 3.31. The first-order chi connectivity index (χ1) is 4.43. The number of nitrogens with two attached hydrogens (primary N) is 1. The average Bonchev–Trinajstić information content (AvgIpc) is 2.43. The Labute approximate surface area is 57.9 Å². The summed E-state index contributed by atoms with van der Waals surface area (Å²) in [5, 5.41) is 0. The summed E-state index contributed by atoms with van der Waals surface area (Å²) in [5.41, 5.74) is 5.38. The average molecular weight is 127 g/mol. The minimum absolute atomic E-state index is 0.694. The smallest absolute Gasteiger partial charge is 0.00141 e. The molecule has 0 bridgehead atoms. The Morgan fingerprint density at radius 1 is 1.56 bits per heavy atom.